The third-order valence-corrected chi connectivity index (χ3v) is 5.35. The number of thiophene rings is 1. The van der Waals surface area contributed by atoms with Crippen molar-refractivity contribution < 1.29 is 0 Å². The third kappa shape index (κ3) is 3.40. The van der Waals surface area contributed by atoms with Crippen LogP contribution in [0.3, 0.4) is 0 Å². The van der Waals surface area contributed by atoms with Crippen molar-refractivity contribution in [1.82, 2.24) is 0 Å². The predicted octanol–water partition coefficient (Wildman–Crippen LogP) is 6.71. The Kier molecular flexibility index (Phi) is 4.68. The van der Waals surface area contributed by atoms with Gasteiger partial charge in [0.2, 0.25) is 0 Å². The van der Waals surface area contributed by atoms with E-state index < -0.39 is 0 Å². The van der Waals surface area contributed by atoms with Gasteiger partial charge >= 0.3 is 0 Å². The molecule has 23 heavy (non-hydrogen) atoms. The molecule has 3 rings (SSSR count). The van der Waals surface area contributed by atoms with Crippen molar-refractivity contribution in [2.45, 2.75) is 27.2 Å². The van der Waals surface area contributed by atoms with Crippen LogP contribution in [0.25, 0.3) is 21.6 Å². The molecule has 1 heterocycles. The second kappa shape index (κ2) is 6.72. The van der Waals surface area contributed by atoms with Crippen LogP contribution in [0.5, 0.6) is 0 Å². The van der Waals surface area contributed by atoms with E-state index in [0.29, 0.717) is 5.92 Å². The van der Waals surface area contributed by atoms with Crippen LogP contribution < -0.4 is 0 Å². The van der Waals surface area contributed by atoms with E-state index in [1.54, 1.807) is 0 Å². The van der Waals surface area contributed by atoms with Gasteiger partial charge in [-0.3, -0.25) is 0 Å². The molecule has 0 aliphatic carbocycles. The number of rotatable bonds is 4. The molecule has 1 heteroatoms. The van der Waals surface area contributed by atoms with Crippen molar-refractivity contribution in [3.8, 4) is 21.6 Å². The van der Waals surface area contributed by atoms with Crippen molar-refractivity contribution in [2.75, 3.05) is 0 Å². The molecular formula is C22H23S. The van der Waals surface area contributed by atoms with Crippen LogP contribution in [0.1, 0.15) is 22.9 Å². The molecule has 0 saturated carbocycles. The van der Waals surface area contributed by atoms with E-state index in [4.69, 9.17) is 0 Å². The summed E-state index contributed by atoms with van der Waals surface area (Å²) < 4.78 is 0. The lowest BCUT2D eigenvalue weighted by molar-refractivity contribution is 0.728. The Morgan fingerprint density at radius 3 is 2.00 bits per heavy atom. The Bertz CT molecular complexity index is 745. The van der Waals surface area contributed by atoms with Gasteiger partial charge in [-0.1, -0.05) is 62.4 Å². The fourth-order valence-electron chi connectivity index (χ4n) is 2.99. The molecule has 1 aromatic heterocycles. The predicted molar refractivity (Wildman–Crippen MR) is 103 cm³/mol. The van der Waals surface area contributed by atoms with Gasteiger partial charge in [-0.25, -0.2) is 0 Å². The first kappa shape index (κ1) is 16.0. The smallest absolute Gasteiger partial charge is 0.0426 e. The Balaban J connectivity index is 2.20. The summed E-state index contributed by atoms with van der Waals surface area (Å²) in [6.07, 6.45) is 1.04. The van der Waals surface area contributed by atoms with E-state index in [0.717, 1.165) is 6.42 Å². The Hall–Kier alpha value is -1.86. The first-order valence-corrected chi connectivity index (χ1v) is 8.95. The first-order chi connectivity index (χ1) is 11.1. The summed E-state index contributed by atoms with van der Waals surface area (Å²) in [7, 11) is 0. The summed E-state index contributed by atoms with van der Waals surface area (Å²) in [6, 6.07) is 19.7. The first-order valence-electron chi connectivity index (χ1n) is 8.14. The topological polar surface area (TPSA) is 0 Å². The summed E-state index contributed by atoms with van der Waals surface area (Å²) in [4.78, 5) is 2.80. The zero-order valence-corrected chi connectivity index (χ0v) is 14.9. The molecule has 0 aliphatic rings. The normalized spacial score (nSPS) is 11.2. The highest BCUT2D eigenvalue weighted by atomic mass is 32.1. The van der Waals surface area contributed by atoms with E-state index in [1.807, 2.05) is 11.3 Å². The van der Waals surface area contributed by atoms with Crippen LogP contribution in [0, 0.1) is 26.7 Å². The molecule has 0 spiro atoms. The quantitative estimate of drug-likeness (QED) is 0.501. The maximum Gasteiger partial charge on any atom is 0.0426 e. The second-order valence-corrected chi connectivity index (χ2v) is 7.53. The van der Waals surface area contributed by atoms with Gasteiger partial charge in [0.1, 0.15) is 0 Å². The average Bonchev–Trinajstić information content (AvgIpc) is 2.90. The molecule has 0 unspecified atom stereocenters. The SMILES string of the molecule is [CH2][C@@H](C)Cc1cc(-c2ccccc2C)c(-c2ccccc2C)s1. The maximum absolute atomic E-state index is 4.16. The lowest BCUT2D eigenvalue weighted by Gasteiger charge is -2.09. The summed E-state index contributed by atoms with van der Waals surface area (Å²) in [6.45, 7) is 10.7. The second-order valence-electron chi connectivity index (χ2n) is 6.39. The van der Waals surface area contributed by atoms with Crippen LogP contribution in [0.2, 0.25) is 0 Å². The van der Waals surface area contributed by atoms with Crippen LogP contribution >= 0.6 is 11.3 Å². The van der Waals surface area contributed by atoms with Crippen LogP contribution in [0.4, 0.5) is 0 Å². The van der Waals surface area contributed by atoms with E-state index in [9.17, 15) is 0 Å². The molecular weight excluding hydrogens is 296 g/mol. The zero-order chi connectivity index (χ0) is 16.4. The highest BCUT2D eigenvalue weighted by Crippen LogP contribution is 2.42. The molecule has 1 atom stereocenters. The van der Waals surface area contributed by atoms with E-state index in [2.05, 4.69) is 82.3 Å². The summed E-state index contributed by atoms with van der Waals surface area (Å²) in [5, 5.41) is 0. The van der Waals surface area contributed by atoms with Gasteiger partial charge in [0, 0.05) is 15.3 Å². The number of hydrogen-bond donors (Lipinski definition) is 0. The Morgan fingerprint density at radius 1 is 0.870 bits per heavy atom. The molecule has 0 aliphatic heterocycles. The lowest BCUT2D eigenvalue weighted by atomic mass is 9.96. The van der Waals surface area contributed by atoms with E-state index in [1.165, 1.54) is 37.6 Å². The van der Waals surface area contributed by atoms with Gasteiger partial charge in [0.05, 0.1) is 0 Å². The molecule has 0 N–H and O–H groups in total. The van der Waals surface area contributed by atoms with Crippen LogP contribution in [0.15, 0.2) is 54.6 Å². The number of benzene rings is 2. The molecule has 0 amide bonds. The molecule has 0 saturated heterocycles. The van der Waals surface area contributed by atoms with Gasteiger partial charge in [0.15, 0.2) is 0 Å². The third-order valence-electron chi connectivity index (χ3n) is 4.16. The number of aryl methyl sites for hydroxylation is 2. The Labute approximate surface area is 143 Å². The molecule has 3 aromatic rings. The van der Waals surface area contributed by atoms with Crippen molar-refractivity contribution >= 4 is 11.3 Å². The van der Waals surface area contributed by atoms with Gasteiger partial charge < -0.3 is 0 Å². The summed E-state index contributed by atoms with van der Waals surface area (Å²) in [5.41, 5.74) is 6.70. The molecule has 0 fully saturated rings. The summed E-state index contributed by atoms with van der Waals surface area (Å²) >= 11 is 1.92. The van der Waals surface area contributed by atoms with Gasteiger partial charge in [0.25, 0.3) is 0 Å². The molecule has 1 radical (unpaired) electrons. The van der Waals surface area contributed by atoms with Gasteiger partial charge in [-0.2, -0.15) is 0 Å². The minimum absolute atomic E-state index is 0.433. The fourth-order valence-corrected chi connectivity index (χ4v) is 4.41. The largest absolute Gasteiger partial charge is 0.140 e. The minimum atomic E-state index is 0.433. The molecule has 117 valence electrons. The monoisotopic (exact) mass is 319 g/mol. The van der Waals surface area contributed by atoms with Crippen molar-refractivity contribution in [1.29, 1.82) is 0 Å². The van der Waals surface area contributed by atoms with Gasteiger partial charge in [-0.15, -0.1) is 11.3 Å². The van der Waals surface area contributed by atoms with E-state index >= 15 is 0 Å². The van der Waals surface area contributed by atoms with Crippen LogP contribution in [-0.4, -0.2) is 0 Å². The van der Waals surface area contributed by atoms with Crippen molar-refractivity contribution in [3.63, 3.8) is 0 Å². The summed E-state index contributed by atoms with van der Waals surface area (Å²) in [5.74, 6) is 0.433. The van der Waals surface area contributed by atoms with E-state index in [-0.39, 0.29) is 0 Å². The number of hydrogen-bond acceptors (Lipinski definition) is 1. The molecule has 2 aromatic carbocycles. The minimum Gasteiger partial charge on any atom is -0.140 e. The highest BCUT2D eigenvalue weighted by molar-refractivity contribution is 7.16. The van der Waals surface area contributed by atoms with Crippen molar-refractivity contribution in [2.24, 2.45) is 5.92 Å². The molecule has 0 bridgehead atoms. The van der Waals surface area contributed by atoms with Crippen molar-refractivity contribution in [3.05, 3.63) is 77.5 Å². The maximum atomic E-state index is 4.16. The highest BCUT2D eigenvalue weighted by Gasteiger charge is 2.16. The molecule has 0 nitrogen and oxygen atoms in total. The van der Waals surface area contributed by atoms with Gasteiger partial charge in [-0.05, 0) is 54.5 Å². The average molecular weight is 319 g/mol. The van der Waals surface area contributed by atoms with Crippen LogP contribution in [-0.2, 0) is 6.42 Å². The fraction of sp³-hybridized carbons (Fsp3) is 0.227. The zero-order valence-electron chi connectivity index (χ0n) is 14.1. The Morgan fingerprint density at radius 2 is 1.43 bits per heavy atom. The lowest BCUT2D eigenvalue weighted by Crippen LogP contribution is -1.90. The standard InChI is InChI=1S/C22H23S/c1-15(2)13-18-14-21(19-11-7-5-9-16(19)3)22(23-18)20-12-8-6-10-17(20)4/h5-12,14-15H,1,13H2,2-4H3/t15-/m0/s1.